The summed E-state index contributed by atoms with van der Waals surface area (Å²) in [5.41, 5.74) is 6.30. The number of benzene rings is 1. The van der Waals surface area contributed by atoms with Gasteiger partial charge in [0.2, 0.25) is 5.91 Å². The number of nitrogens with zero attached hydrogens (tertiary/aromatic N) is 1. The molecule has 1 heterocycles. The van der Waals surface area contributed by atoms with Gasteiger partial charge in [0, 0.05) is 18.8 Å². The highest BCUT2D eigenvalue weighted by Gasteiger charge is 2.28. The largest absolute Gasteiger partial charge is 0.330 e. The molecule has 0 aliphatic carbocycles. The lowest BCUT2D eigenvalue weighted by Gasteiger charge is -2.31. The second-order valence-corrected chi connectivity index (χ2v) is 4.04. The van der Waals surface area contributed by atoms with Crippen molar-refractivity contribution in [2.75, 3.05) is 18.0 Å². The Morgan fingerprint density at radius 2 is 2.06 bits per heavy atom. The summed E-state index contributed by atoms with van der Waals surface area (Å²) in [6.07, 6.45) is 1.80. The zero-order valence-electron chi connectivity index (χ0n) is 9.03. The molecule has 0 saturated carbocycles. The molecular weight excluding hydrogens is 207 g/mol. The van der Waals surface area contributed by atoms with Crippen LogP contribution in [0.1, 0.15) is 12.8 Å². The Hall–Kier alpha value is -1.42. The molecule has 86 valence electrons. The number of carbonyl (C=O) groups is 1. The molecule has 0 bridgehead atoms. The minimum Gasteiger partial charge on any atom is -0.330 e. The summed E-state index contributed by atoms with van der Waals surface area (Å²) in [6.45, 7) is 1.08. The van der Waals surface area contributed by atoms with Crippen molar-refractivity contribution in [3.05, 3.63) is 30.1 Å². The molecule has 0 unspecified atom stereocenters. The molecular formula is C12H15FN2O. The molecule has 1 atom stereocenters. The van der Waals surface area contributed by atoms with Crippen molar-refractivity contribution in [2.24, 2.45) is 11.7 Å². The molecule has 16 heavy (non-hydrogen) atoms. The SMILES string of the molecule is NC[C@@H]1CCCN(c2ccc(F)cc2)C1=O. The third-order valence-electron chi connectivity index (χ3n) is 2.97. The third kappa shape index (κ3) is 2.07. The van der Waals surface area contributed by atoms with Crippen LogP contribution in [0.15, 0.2) is 24.3 Å². The van der Waals surface area contributed by atoms with E-state index in [9.17, 15) is 9.18 Å². The van der Waals surface area contributed by atoms with E-state index in [4.69, 9.17) is 5.73 Å². The summed E-state index contributed by atoms with van der Waals surface area (Å²) in [6, 6.07) is 6.00. The van der Waals surface area contributed by atoms with Gasteiger partial charge < -0.3 is 10.6 Å². The van der Waals surface area contributed by atoms with Gasteiger partial charge in [-0.25, -0.2) is 4.39 Å². The highest BCUT2D eigenvalue weighted by molar-refractivity contribution is 5.95. The molecule has 1 amide bonds. The van der Waals surface area contributed by atoms with Crippen LogP contribution >= 0.6 is 0 Å². The number of piperidine rings is 1. The fourth-order valence-corrected chi connectivity index (χ4v) is 2.05. The van der Waals surface area contributed by atoms with Gasteiger partial charge in [-0.1, -0.05) is 0 Å². The smallest absolute Gasteiger partial charge is 0.231 e. The lowest BCUT2D eigenvalue weighted by Crippen LogP contribution is -2.43. The fraction of sp³-hybridized carbons (Fsp3) is 0.417. The van der Waals surface area contributed by atoms with Crippen LogP contribution in [0.3, 0.4) is 0 Å². The van der Waals surface area contributed by atoms with E-state index >= 15 is 0 Å². The number of hydrogen-bond acceptors (Lipinski definition) is 2. The van der Waals surface area contributed by atoms with Crippen LogP contribution < -0.4 is 10.6 Å². The summed E-state index contributed by atoms with van der Waals surface area (Å²) in [5.74, 6) is -0.317. The zero-order valence-corrected chi connectivity index (χ0v) is 9.03. The van der Waals surface area contributed by atoms with Crippen LogP contribution in [0.25, 0.3) is 0 Å². The summed E-state index contributed by atoms with van der Waals surface area (Å²) >= 11 is 0. The van der Waals surface area contributed by atoms with Gasteiger partial charge in [-0.05, 0) is 37.1 Å². The van der Waals surface area contributed by atoms with Gasteiger partial charge in [0.25, 0.3) is 0 Å². The number of carbonyl (C=O) groups excluding carboxylic acids is 1. The molecule has 1 aromatic carbocycles. The molecule has 1 aliphatic heterocycles. The molecule has 1 fully saturated rings. The molecule has 3 nitrogen and oxygen atoms in total. The summed E-state index contributed by atoms with van der Waals surface area (Å²) in [7, 11) is 0. The van der Waals surface area contributed by atoms with Gasteiger partial charge in [-0.2, -0.15) is 0 Å². The summed E-state index contributed by atoms with van der Waals surface area (Å²) in [5, 5.41) is 0. The van der Waals surface area contributed by atoms with Crippen molar-refractivity contribution in [1.29, 1.82) is 0 Å². The molecule has 1 aliphatic rings. The predicted octanol–water partition coefficient (Wildman–Crippen LogP) is 1.53. The number of hydrogen-bond donors (Lipinski definition) is 1. The Morgan fingerprint density at radius 1 is 1.38 bits per heavy atom. The molecule has 0 radical (unpaired) electrons. The molecule has 2 rings (SSSR count). The Bertz CT molecular complexity index is 377. The molecule has 1 aromatic rings. The van der Waals surface area contributed by atoms with Crippen LogP contribution in [-0.4, -0.2) is 19.0 Å². The van der Waals surface area contributed by atoms with E-state index in [0.29, 0.717) is 13.1 Å². The van der Waals surface area contributed by atoms with Crippen LogP contribution in [0, 0.1) is 11.7 Å². The molecule has 2 N–H and O–H groups in total. The van der Waals surface area contributed by atoms with E-state index in [2.05, 4.69) is 0 Å². The Kier molecular flexibility index (Phi) is 3.19. The van der Waals surface area contributed by atoms with Crippen molar-refractivity contribution in [2.45, 2.75) is 12.8 Å². The second kappa shape index (κ2) is 4.61. The van der Waals surface area contributed by atoms with Crippen LogP contribution in [0.5, 0.6) is 0 Å². The maximum atomic E-state index is 12.8. The monoisotopic (exact) mass is 222 g/mol. The second-order valence-electron chi connectivity index (χ2n) is 4.04. The normalized spacial score (nSPS) is 21.2. The maximum absolute atomic E-state index is 12.8. The van der Waals surface area contributed by atoms with E-state index in [1.54, 1.807) is 17.0 Å². The molecule has 1 saturated heterocycles. The van der Waals surface area contributed by atoms with E-state index < -0.39 is 0 Å². The lowest BCUT2D eigenvalue weighted by molar-refractivity contribution is -0.123. The van der Waals surface area contributed by atoms with Gasteiger partial charge in [-0.3, -0.25) is 4.79 Å². The van der Waals surface area contributed by atoms with E-state index in [1.807, 2.05) is 0 Å². The highest BCUT2D eigenvalue weighted by atomic mass is 19.1. The fourth-order valence-electron chi connectivity index (χ4n) is 2.05. The van der Waals surface area contributed by atoms with Crippen molar-refractivity contribution < 1.29 is 9.18 Å². The first-order valence-electron chi connectivity index (χ1n) is 5.49. The van der Waals surface area contributed by atoms with Crippen molar-refractivity contribution in [1.82, 2.24) is 0 Å². The zero-order chi connectivity index (χ0) is 11.5. The average molecular weight is 222 g/mol. The summed E-state index contributed by atoms with van der Waals surface area (Å²) in [4.78, 5) is 13.7. The van der Waals surface area contributed by atoms with Crippen molar-refractivity contribution in [3.63, 3.8) is 0 Å². The van der Waals surface area contributed by atoms with Crippen LogP contribution in [-0.2, 0) is 4.79 Å². The molecule has 0 spiro atoms. The van der Waals surface area contributed by atoms with E-state index in [1.165, 1.54) is 12.1 Å². The number of nitrogens with two attached hydrogens (primary N) is 1. The van der Waals surface area contributed by atoms with Gasteiger partial charge in [0.05, 0.1) is 5.92 Å². The Morgan fingerprint density at radius 3 is 2.69 bits per heavy atom. The lowest BCUT2D eigenvalue weighted by atomic mass is 9.97. The average Bonchev–Trinajstić information content (AvgIpc) is 2.31. The first-order valence-corrected chi connectivity index (χ1v) is 5.49. The minimum atomic E-state index is -0.288. The first-order chi connectivity index (χ1) is 7.72. The van der Waals surface area contributed by atoms with Crippen molar-refractivity contribution in [3.8, 4) is 0 Å². The number of rotatable bonds is 2. The number of amides is 1. The van der Waals surface area contributed by atoms with Crippen LogP contribution in [0.4, 0.5) is 10.1 Å². The Labute approximate surface area is 94.0 Å². The quantitative estimate of drug-likeness (QED) is 0.824. The minimum absolute atomic E-state index is 0.0559. The van der Waals surface area contributed by atoms with Crippen LogP contribution in [0.2, 0.25) is 0 Å². The molecule has 4 heteroatoms. The predicted molar refractivity (Wildman–Crippen MR) is 60.5 cm³/mol. The third-order valence-corrected chi connectivity index (χ3v) is 2.97. The van der Waals surface area contributed by atoms with Gasteiger partial charge in [-0.15, -0.1) is 0 Å². The maximum Gasteiger partial charge on any atom is 0.231 e. The highest BCUT2D eigenvalue weighted by Crippen LogP contribution is 2.23. The summed E-state index contributed by atoms with van der Waals surface area (Å²) < 4.78 is 12.8. The number of halogens is 1. The topological polar surface area (TPSA) is 46.3 Å². The standard InChI is InChI=1S/C12H15FN2O/c13-10-3-5-11(6-4-10)15-7-1-2-9(8-14)12(15)16/h3-6,9H,1-2,7-8,14H2/t9-/m0/s1. The van der Waals surface area contributed by atoms with Crippen molar-refractivity contribution >= 4 is 11.6 Å². The van der Waals surface area contributed by atoms with Gasteiger partial charge >= 0.3 is 0 Å². The van der Waals surface area contributed by atoms with Gasteiger partial charge in [0.1, 0.15) is 5.82 Å². The Balaban J connectivity index is 2.20. The number of anilines is 1. The van der Waals surface area contributed by atoms with Gasteiger partial charge in [0.15, 0.2) is 0 Å². The van der Waals surface area contributed by atoms with E-state index in [0.717, 1.165) is 18.5 Å². The molecule has 0 aromatic heterocycles. The van der Waals surface area contributed by atoms with E-state index in [-0.39, 0.29) is 17.6 Å². The first kappa shape index (κ1) is 11.1.